The van der Waals surface area contributed by atoms with Crippen molar-refractivity contribution in [2.24, 2.45) is 5.14 Å². The number of carbonyl (C=O) groups is 1. The summed E-state index contributed by atoms with van der Waals surface area (Å²) < 4.78 is 27.5. The Balaban J connectivity index is 1.98. The van der Waals surface area contributed by atoms with Crippen LogP contribution in [-0.2, 0) is 16.6 Å². The van der Waals surface area contributed by atoms with E-state index in [1.165, 1.54) is 29.2 Å². The molecule has 2 amide bonds. The molecule has 0 aliphatic heterocycles. The summed E-state index contributed by atoms with van der Waals surface area (Å²) in [6.45, 7) is 0.422. The lowest BCUT2D eigenvalue weighted by molar-refractivity contribution is 0.220. The van der Waals surface area contributed by atoms with E-state index in [-0.39, 0.29) is 10.9 Å². The van der Waals surface area contributed by atoms with Crippen molar-refractivity contribution < 1.29 is 17.9 Å². The number of ether oxygens (including phenoxy) is 1. The van der Waals surface area contributed by atoms with Crippen LogP contribution in [0.25, 0.3) is 0 Å². The van der Waals surface area contributed by atoms with Gasteiger partial charge >= 0.3 is 6.03 Å². The maximum atomic E-state index is 12.2. The molecule has 2 rings (SSSR count). The number of sulfonamides is 1. The number of carbonyl (C=O) groups excluding carboxylic acids is 1. The number of nitrogens with one attached hydrogen (secondary N) is 1. The molecule has 0 fully saturated rings. The van der Waals surface area contributed by atoms with Crippen molar-refractivity contribution in [2.45, 2.75) is 11.4 Å². The van der Waals surface area contributed by atoms with E-state index >= 15 is 0 Å². The van der Waals surface area contributed by atoms with Gasteiger partial charge in [-0.05, 0) is 42.0 Å². The molecule has 128 valence electrons. The first-order chi connectivity index (χ1) is 11.3. The summed E-state index contributed by atoms with van der Waals surface area (Å²) in [5, 5.41) is 7.72. The number of nitrogens with two attached hydrogens (primary N) is 1. The minimum absolute atomic E-state index is 0.00733. The molecule has 0 saturated carbocycles. The van der Waals surface area contributed by atoms with Gasteiger partial charge in [-0.2, -0.15) is 0 Å². The Morgan fingerprint density at radius 1 is 1.12 bits per heavy atom. The third kappa shape index (κ3) is 4.71. The predicted molar refractivity (Wildman–Crippen MR) is 91.3 cm³/mol. The highest BCUT2D eigenvalue weighted by atomic mass is 32.2. The monoisotopic (exact) mass is 349 g/mol. The number of methoxy groups -OCH3 is 1. The number of hydrogen-bond donors (Lipinski definition) is 2. The number of benzene rings is 2. The number of amides is 2. The van der Waals surface area contributed by atoms with Crippen LogP contribution in [0.3, 0.4) is 0 Å². The molecule has 0 bridgehead atoms. The molecule has 2 aromatic rings. The topological polar surface area (TPSA) is 102 Å². The van der Waals surface area contributed by atoms with Crippen LogP contribution in [-0.4, -0.2) is 33.5 Å². The van der Waals surface area contributed by atoms with E-state index in [0.717, 1.165) is 11.3 Å². The molecule has 0 saturated heterocycles. The standard InChI is InChI=1S/C16H19N3O4S/c1-19(11-12-3-7-14(23-2)8-4-12)16(20)18-13-5-9-15(10-6-13)24(17,21)22/h3-10H,11H2,1-2H3,(H,18,20)(H2,17,21,22). The van der Waals surface area contributed by atoms with Crippen molar-refractivity contribution in [3.8, 4) is 5.75 Å². The molecular weight excluding hydrogens is 330 g/mol. The number of anilines is 1. The summed E-state index contributed by atoms with van der Waals surface area (Å²) in [6.07, 6.45) is 0. The van der Waals surface area contributed by atoms with E-state index in [9.17, 15) is 13.2 Å². The van der Waals surface area contributed by atoms with Gasteiger partial charge < -0.3 is 15.0 Å². The Hall–Kier alpha value is -2.58. The third-order valence-electron chi connectivity index (χ3n) is 3.36. The molecule has 0 aliphatic rings. The second-order valence-electron chi connectivity index (χ2n) is 5.20. The number of nitrogens with zero attached hydrogens (tertiary/aromatic N) is 1. The average molecular weight is 349 g/mol. The number of hydrogen-bond acceptors (Lipinski definition) is 4. The van der Waals surface area contributed by atoms with Gasteiger partial charge in [-0.3, -0.25) is 0 Å². The lowest BCUT2D eigenvalue weighted by atomic mass is 10.2. The van der Waals surface area contributed by atoms with Crippen LogP contribution < -0.4 is 15.2 Å². The lowest BCUT2D eigenvalue weighted by Crippen LogP contribution is -2.30. The van der Waals surface area contributed by atoms with Crippen molar-refractivity contribution in [1.82, 2.24) is 4.90 Å². The van der Waals surface area contributed by atoms with Crippen LogP contribution in [0.5, 0.6) is 5.75 Å². The van der Waals surface area contributed by atoms with Gasteiger partial charge in [0.1, 0.15) is 5.75 Å². The normalized spacial score (nSPS) is 11.0. The molecule has 3 N–H and O–H groups in total. The summed E-state index contributed by atoms with van der Waals surface area (Å²) in [7, 11) is -0.486. The summed E-state index contributed by atoms with van der Waals surface area (Å²) in [6, 6.07) is 12.8. The Labute approximate surface area is 141 Å². The third-order valence-corrected chi connectivity index (χ3v) is 4.29. The molecule has 0 aromatic heterocycles. The van der Waals surface area contributed by atoms with Gasteiger partial charge in [-0.15, -0.1) is 0 Å². The van der Waals surface area contributed by atoms with Crippen molar-refractivity contribution in [1.29, 1.82) is 0 Å². The van der Waals surface area contributed by atoms with Crippen LogP contribution in [0.2, 0.25) is 0 Å². The highest BCUT2D eigenvalue weighted by molar-refractivity contribution is 7.89. The second-order valence-corrected chi connectivity index (χ2v) is 6.77. The van der Waals surface area contributed by atoms with E-state index in [1.54, 1.807) is 14.2 Å². The van der Waals surface area contributed by atoms with Crippen LogP contribution >= 0.6 is 0 Å². The van der Waals surface area contributed by atoms with Gasteiger partial charge in [-0.25, -0.2) is 18.4 Å². The zero-order valence-electron chi connectivity index (χ0n) is 13.4. The van der Waals surface area contributed by atoms with Gasteiger partial charge in [0, 0.05) is 19.3 Å². The summed E-state index contributed by atoms with van der Waals surface area (Å²) in [4.78, 5) is 13.7. The molecule has 0 unspecified atom stereocenters. The van der Waals surface area contributed by atoms with Crippen molar-refractivity contribution >= 4 is 21.7 Å². The lowest BCUT2D eigenvalue weighted by Gasteiger charge is -2.18. The predicted octanol–water partition coefficient (Wildman–Crippen LogP) is 2.01. The Morgan fingerprint density at radius 3 is 2.21 bits per heavy atom. The van der Waals surface area contributed by atoms with Crippen LogP contribution in [0, 0.1) is 0 Å². The minimum Gasteiger partial charge on any atom is -0.497 e. The first-order valence-corrected chi connectivity index (χ1v) is 8.62. The number of urea groups is 1. The number of rotatable bonds is 5. The van der Waals surface area contributed by atoms with Gasteiger partial charge in [0.15, 0.2) is 0 Å². The fourth-order valence-electron chi connectivity index (χ4n) is 2.02. The SMILES string of the molecule is COc1ccc(CN(C)C(=O)Nc2ccc(S(N)(=O)=O)cc2)cc1. The van der Waals surface area contributed by atoms with E-state index in [4.69, 9.17) is 9.88 Å². The van der Waals surface area contributed by atoms with Gasteiger partial charge in [0.25, 0.3) is 0 Å². The molecule has 0 spiro atoms. The first-order valence-electron chi connectivity index (χ1n) is 7.07. The Kier molecular flexibility index (Phi) is 5.42. The molecule has 0 atom stereocenters. The Bertz CT molecular complexity index is 802. The highest BCUT2D eigenvalue weighted by Gasteiger charge is 2.11. The zero-order chi connectivity index (χ0) is 17.7. The molecule has 0 aliphatic carbocycles. The Morgan fingerprint density at radius 2 is 1.71 bits per heavy atom. The van der Waals surface area contributed by atoms with Gasteiger partial charge in [-0.1, -0.05) is 12.1 Å². The highest BCUT2D eigenvalue weighted by Crippen LogP contribution is 2.15. The summed E-state index contributed by atoms with van der Waals surface area (Å²) >= 11 is 0. The van der Waals surface area contributed by atoms with Gasteiger partial charge in [0.05, 0.1) is 12.0 Å². The molecule has 8 heteroatoms. The van der Waals surface area contributed by atoms with Crippen LogP contribution in [0.4, 0.5) is 10.5 Å². The fraction of sp³-hybridized carbons (Fsp3) is 0.188. The van der Waals surface area contributed by atoms with Crippen LogP contribution in [0.1, 0.15) is 5.56 Å². The summed E-state index contributed by atoms with van der Waals surface area (Å²) in [5.74, 6) is 0.751. The molecule has 2 aromatic carbocycles. The number of primary sulfonamides is 1. The second kappa shape index (κ2) is 7.33. The molecule has 24 heavy (non-hydrogen) atoms. The van der Waals surface area contributed by atoms with Crippen molar-refractivity contribution in [3.05, 3.63) is 54.1 Å². The molecule has 7 nitrogen and oxygen atoms in total. The molecular formula is C16H19N3O4S. The summed E-state index contributed by atoms with van der Waals surface area (Å²) in [5.41, 5.74) is 1.44. The van der Waals surface area contributed by atoms with E-state index in [0.29, 0.717) is 12.2 Å². The molecule has 0 heterocycles. The maximum Gasteiger partial charge on any atom is 0.321 e. The molecule has 0 radical (unpaired) electrons. The van der Waals surface area contributed by atoms with E-state index in [1.807, 2.05) is 24.3 Å². The smallest absolute Gasteiger partial charge is 0.321 e. The van der Waals surface area contributed by atoms with Crippen molar-refractivity contribution in [3.63, 3.8) is 0 Å². The maximum absolute atomic E-state index is 12.2. The van der Waals surface area contributed by atoms with E-state index < -0.39 is 10.0 Å². The average Bonchev–Trinajstić information content (AvgIpc) is 2.55. The quantitative estimate of drug-likeness (QED) is 0.862. The van der Waals surface area contributed by atoms with Crippen molar-refractivity contribution in [2.75, 3.05) is 19.5 Å². The minimum atomic E-state index is -3.74. The van der Waals surface area contributed by atoms with Crippen LogP contribution in [0.15, 0.2) is 53.4 Å². The van der Waals surface area contributed by atoms with Gasteiger partial charge in [0.2, 0.25) is 10.0 Å². The largest absolute Gasteiger partial charge is 0.497 e. The first kappa shape index (κ1) is 17.8. The zero-order valence-corrected chi connectivity index (χ0v) is 14.2. The fourth-order valence-corrected chi connectivity index (χ4v) is 2.54. The van der Waals surface area contributed by atoms with E-state index in [2.05, 4.69) is 5.32 Å².